The molecule has 0 radical (unpaired) electrons. The quantitative estimate of drug-likeness (QED) is 0.782. The molecule has 2 rings (SSSR count). The van der Waals surface area contributed by atoms with Gasteiger partial charge in [0.15, 0.2) is 0 Å². The fourth-order valence-corrected chi connectivity index (χ4v) is 2.15. The monoisotopic (exact) mass is 280 g/mol. The van der Waals surface area contributed by atoms with Crippen LogP contribution in [0.5, 0.6) is 0 Å². The highest BCUT2D eigenvalue weighted by Crippen LogP contribution is 2.32. The van der Waals surface area contributed by atoms with Gasteiger partial charge in [-0.3, -0.25) is 14.4 Å². The predicted molar refractivity (Wildman–Crippen MR) is 67.9 cm³/mol. The fraction of sp³-hybridized carbons (Fsp3) is 0.308. The number of hydrogen-bond acceptors (Lipinski definition) is 4. The van der Waals surface area contributed by atoms with Crippen LogP contribution in [0, 0.1) is 5.82 Å². The Morgan fingerprint density at radius 1 is 1.45 bits per heavy atom. The Morgan fingerprint density at radius 3 is 2.80 bits per heavy atom. The SMILES string of the molecule is CN(CC(=O)O)C(=O)C(=O)C1CNc2cc(F)ccc21. The topological polar surface area (TPSA) is 86.7 Å². The van der Waals surface area contributed by atoms with E-state index < -0.39 is 35.9 Å². The summed E-state index contributed by atoms with van der Waals surface area (Å²) in [5.74, 6) is -3.91. The van der Waals surface area contributed by atoms with Gasteiger partial charge in [0, 0.05) is 19.3 Å². The molecule has 1 aromatic rings. The second-order valence-electron chi connectivity index (χ2n) is 4.58. The minimum atomic E-state index is -1.19. The number of aliphatic carboxylic acids is 1. The Labute approximate surface area is 114 Å². The number of fused-ring (bicyclic) bond motifs is 1. The number of anilines is 1. The van der Waals surface area contributed by atoms with E-state index in [1.54, 1.807) is 0 Å². The van der Waals surface area contributed by atoms with Crippen LogP contribution in [-0.2, 0) is 14.4 Å². The Bertz CT molecular complexity index is 588. The number of halogens is 1. The molecule has 0 bridgehead atoms. The van der Waals surface area contributed by atoms with Crippen LogP contribution in [0.15, 0.2) is 18.2 Å². The average molecular weight is 280 g/mol. The van der Waals surface area contributed by atoms with Crippen LogP contribution in [0.1, 0.15) is 11.5 Å². The molecule has 0 aromatic heterocycles. The smallest absolute Gasteiger partial charge is 0.323 e. The third-order valence-corrected chi connectivity index (χ3v) is 3.13. The molecule has 1 unspecified atom stereocenters. The molecule has 106 valence electrons. The van der Waals surface area contributed by atoms with Crippen LogP contribution in [0.3, 0.4) is 0 Å². The second kappa shape index (κ2) is 5.28. The molecule has 6 nitrogen and oxygen atoms in total. The molecule has 1 amide bonds. The fourth-order valence-electron chi connectivity index (χ4n) is 2.15. The number of likely N-dealkylation sites (N-methyl/N-ethyl adjacent to an activating group) is 1. The van der Waals surface area contributed by atoms with Gasteiger partial charge in [-0.2, -0.15) is 0 Å². The molecule has 0 saturated carbocycles. The summed E-state index contributed by atoms with van der Waals surface area (Å²) < 4.78 is 13.1. The van der Waals surface area contributed by atoms with E-state index in [1.165, 1.54) is 25.2 Å². The maximum absolute atomic E-state index is 13.1. The third kappa shape index (κ3) is 2.61. The van der Waals surface area contributed by atoms with Crippen molar-refractivity contribution >= 4 is 23.3 Å². The lowest BCUT2D eigenvalue weighted by Crippen LogP contribution is -2.39. The van der Waals surface area contributed by atoms with Crippen LogP contribution < -0.4 is 5.32 Å². The number of amides is 1. The number of benzene rings is 1. The van der Waals surface area contributed by atoms with E-state index in [4.69, 9.17) is 5.11 Å². The van der Waals surface area contributed by atoms with E-state index in [-0.39, 0.29) is 6.54 Å². The van der Waals surface area contributed by atoms with Crippen LogP contribution in [0.4, 0.5) is 10.1 Å². The van der Waals surface area contributed by atoms with Crippen molar-refractivity contribution in [2.75, 3.05) is 25.5 Å². The van der Waals surface area contributed by atoms with E-state index in [1.807, 2.05) is 0 Å². The van der Waals surface area contributed by atoms with Crippen molar-refractivity contribution in [2.45, 2.75) is 5.92 Å². The molecule has 1 atom stereocenters. The summed E-state index contributed by atoms with van der Waals surface area (Å²) in [4.78, 5) is 35.3. The molecule has 1 aliphatic rings. The minimum Gasteiger partial charge on any atom is -0.480 e. The first-order valence-corrected chi connectivity index (χ1v) is 5.94. The van der Waals surface area contributed by atoms with Crippen molar-refractivity contribution in [3.8, 4) is 0 Å². The molecule has 0 spiro atoms. The average Bonchev–Trinajstić information content (AvgIpc) is 2.78. The number of carbonyl (C=O) groups excluding carboxylic acids is 2. The number of ketones is 1. The Kier molecular flexibility index (Phi) is 3.69. The summed E-state index contributed by atoms with van der Waals surface area (Å²) in [5, 5.41) is 11.5. The highest BCUT2D eigenvalue weighted by molar-refractivity contribution is 6.38. The Balaban J connectivity index is 2.16. The van der Waals surface area contributed by atoms with Crippen molar-refractivity contribution in [3.05, 3.63) is 29.6 Å². The molecule has 20 heavy (non-hydrogen) atoms. The highest BCUT2D eigenvalue weighted by Gasteiger charge is 2.34. The van der Waals surface area contributed by atoms with E-state index in [0.29, 0.717) is 11.3 Å². The van der Waals surface area contributed by atoms with Crippen molar-refractivity contribution < 1.29 is 23.9 Å². The number of nitrogens with one attached hydrogen (secondary N) is 1. The summed E-state index contributed by atoms with van der Waals surface area (Å²) >= 11 is 0. The molecule has 7 heteroatoms. The van der Waals surface area contributed by atoms with Crippen molar-refractivity contribution in [3.63, 3.8) is 0 Å². The van der Waals surface area contributed by atoms with Gasteiger partial charge in [0.05, 0.1) is 5.92 Å². The molecule has 0 aliphatic carbocycles. The zero-order valence-corrected chi connectivity index (χ0v) is 10.7. The number of carboxylic acids is 1. The minimum absolute atomic E-state index is 0.199. The summed E-state index contributed by atoms with van der Waals surface area (Å²) in [6.07, 6.45) is 0. The molecule has 1 aliphatic heterocycles. The number of nitrogens with zero attached hydrogens (tertiary/aromatic N) is 1. The molecule has 2 N–H and O–H groups in total. The molecular weight excluding hydrogens is 267 g/mol. The van der Waals surface area contributed by atoms with Gasteiger partial charge in [-0.15, -0.1) is 0 Å². The first kappa shape index (κ1) is 14.0. The summed E-state index contributed by atoms with van der Waals surface area (Å²) in [6, 6.07) is 3.93. The van der Waals surface area contributed by atoms with Crippen LogP contribution in [0.25, 0.3) is 0 Å². The van der Waals surface area contributed by atoms with Gasteiger partial charge in [0.1, 0.15) is 12.4 Å². The first-order valence-electron chi connectivity index (χ1n) is 5.94. The van der Waals surface area contributed by atoms with Crippen molar-refractivity contribution in [1.29, 1.82) is 0 Å². The van der Waals surface area contributed by atoms with Gasteiger partial charge in [-0.05, 0) is 17.7 Å². The molecule has 0 saturated heterocycles. The predicted octanol–water partition coefficient (Wildman–Crippen LogP) is 0.447. The van der Waals surface area contributed by atoms with Gasteiger partial charge in [-0.25, -0.2) is 4.39 Å². The van der Waals surface area contributed by atoms with Gasteiger partial charge >= 0.3 is 5.97 Å². The van der Waals surface area contributed by atoms with Crippen molar-refractivity contribution in [2.24, 2.45) is 0 Å². The van der Waals surface area contributed by atoms with E-state index in [2.05, 4.69) is 5.32 Å². The lowest BCUT2D eigenvalue weighted by Gasteiger charge is -2.16. The number of rotatable bonds is 4. The third-order valence-electron chi connectivity index (χ3n) is 3.13. The van der Waals surface area contributed by atoms with E-state index in [0.717, 1.165) is 4.90 Å². The van der Waals surface area contributed by atoms with Gasteiger partial charge in [0.2, 0.25) is 5.78 Å². The standard InChI is InChI=1S/C13H13FN2O4/c1-16(6-11(17)18)13(20)12(19)9-5-15-10-4-7(14)2-3-8(9)10/h2-4,9,15H,5-6H2,1H3,(H,17,18). The van der Waals surface area contributed by atoms with Crippen LogP contribution in [0.2, 0.25) is 0 Å². The summed E-state index contributed by atoms with van der Waals surface area (Å²) in [5.41, 5.74) is 1.03. The summed E-state index contributed by atoms with van der Waals surface area (Å²) in [6.45, 7) is -0.342. The molecule has 1 aromatic carbocycles. The van der Waals surface area contributed by atoms with Crippen molar-refractivity contribution in [1.82, 2.24) is 4.90 Å². The number of Topliss-reactive ketones (excluding diaryl/α,β-unsaturated/α-hetero) is 1. The lowest BCUT2D eigenvalue weighted by molar-refractivity contribution is -0.148. The van der Waals surface area contributed by atoms with Gasteiger partial charge < -0.3 is 15.3 Å². The number of hydrogen-bond donors (Lipinski definition) is 2. The largest absolute Gasteiger partial charge is 0.480 e. The first-order chi connectivity index (χ1) is 9.40. The normalized spacial score (nSPS) is 16.2. The van der Waals surface area contributed by atoms with E-state index in [9.17, 15) is 18.8 Å². The maximum atomic E-state index is 13.1. The van der Waals surface area contributed by atoms with E-state index >= 15 is 0 Å². The van der Waals surface area contributed by atoms with Crippen LogP contribution in [-0.4, -0.2) is 47.8 Å². The number of carboxylic acid groups (broad SMARTS) is 1. The molecule has 1 heterocycles. The second-order valence-corrected chi connectivity index (χ2v) is 4.58. The lowest BCUT2D eigenvalue weighted by atomic mass is 9.96. The van der Waals surface area contributed by atoms with Gasteiger partial charge in [0.25, 0.3) is 5.91 Å². The number of carbonyl (C=O) groups is 3. The Morgan fingerprint density at radius 2 is 2.15 bits per heavy atom. The zero-order valence-electron chi connectivity index (χ0n) is 10.7. The zero-order chi connectivity index (χ0) is 14.9. The summed E-state index contributed by atoms with van der Waals surface area (Å²) in [7, 11) is 1.25. The van der Waals surface area contributed by atoms with Gasteiger partial charge in [-0.1, -0.05) is 6.07 Å². The maximum Gasteiger partial charge on any atom is 0.323 e. The highest BCUT2D eigenvalue weighted by atomic mass is 19.1. The van der Waals surface area contributed by atoms with Crippen LogP contribution >= 0.6 is 0 Å². The molecular formula is C13H13FN2O4. The Hall–Kier alpha value is -2.44. The molecule has 0 fully saturated rings.